The molecule has 1 heterocycles. The van der Waals surface area contributed by atoms with E-state index in [0.717, 1.165) is 16.5 Å². The van der Waals surface area contributed by atoms with Crippen molar-refractivity contribution in [1.29, 1.82) is 0 Å². The van der Waals surface area contributed by atoms with Crippen LogP contribution in [0.5, 0.6) is 0 Å². The summed E-state index contributed by atoms with van der Waals surface area (Å²) in [4.78, 5) is 4.21. The van der Waals surface area contributed by atoms with E-state index in [0.29, 0.717) is 6.54 Å². The fourth-order valence-electron chi connectivity index (χ4n) is 0.922. The van der Waals surface area contributed by atoms with Crippen LogP contribution in [-0.4, -0.2) is 22.3 Å². The number of aromatic nitrogens is 1. The van der Waals surface area contributed by atoms with Crippen molar-refractivity contribution in [3.8, 4) is 0 Å². The highest BCUT2D eigenvalue weighted by atomic mass is 16.5. The van der Waals surface area contributed by atoms with Gasteiger partial charge in [-0.05, 0) is 19.1 Å². The molecule has 3 heteroatoms. The number of aryl methyl sites for hydroxylation is 1. The predicted molar refractivity (Wildman–Crippen MR) is 42.2 cm³/mol. The van der Waals surface area contributed by atoms with Gasteiger partial charge in [0, 0.05) is 12.7 Å². The average Bonchev–Trinajstić information content (AvgIpc) is 1.85. The van der Waals surface area contributed by atoms with Gasteiger partial charge in [0.05, 0.1) is 12.2 Å². The molecule has 0 bridgehead atoms. The molecule has 1 aromatic heterocycles. The molecule has 0 atom stereocenters. The fraction of sp³-hybridized carbons (Fsp3) is 0.375. The van der Waals surface area contributed by atoms with Crippen molar-refractivity contribution >= 4 is 0 Å². The molecule has 11 heavy (non-hydrogen) atoms. The first-order valence-corrected chi connectivity index (χ1v) is 3.51. The van der Waals surface area contributed by atoms with Crippen LogP contribution in [-0.2, 0) is 6.54 Å². The first kappa shape index (κ1) is 8.17. The number of pyridine rings is 1. The first-order valence-electron chi connectivity index (χ1n) is 3.51. The lowest BCUT2D eigenvalue weighted by Crippen LogP contribution is -2.12. The van der Waals surface area contributed by atoms with Crippen LogP contribution in [0, 0.1) is 6.92 Å². The minimum atomic E-state index is 0.474. The first-order chi connectivity index (χ1) is 5.18. The highest BCUT2D eigenvalue weighted by Gasteiger charge is 1.96. The van der Waals surface area contributed by atoms with Crippen LogP contribution >= 0.6 is 0 Å². The van der Waals surface area contributed by atoms with Crippen molar-refractivity contribution in [3.05, 3.63) is 29.6 Å². The van der Waals surface area contributed by atoms with E-state index in [1.165, 1.54) is 0 Å². The smallest absolute Gasteiger partial charge is 0.0658 e. The van der Waals surface area contributed by atoms with E-state index < -0.39 is 0 Å². The van der Waals surface area contributed by atoms with Gasteiger partial charge in [0.2, 0.25) is 0 Å². The molecule has 60 valence electrons. The van der Waals surface area contributed by atoms with Crippen LogP contribution in [0.1, 0.15) is 11.4 Å². The molecule has 3 nitrogen and oxygen atoms in total. The van der Waals surface area contributed by atoms with Gasteiger partial charge in [-0.2, -0.15) is 5.06 Å². The molecule has 1 rings (SSSR count). The molecule has 0 spiro atoms. The van der Waals surface area contributed by atoms with Crippen LogP contribution in [0.4, 0.5) is 0 Å². The summed E-state index contributed by atoms with van der Waals surface area (Å²) in [6, 6.07) is 5.75. The van der Waals surface area contributed by atoms with Crippen LogP contribution < -0.4 is 0 Å². The van der Waals surface area contributed by atoms with Gasteiger partial charge in [-0.15, -0.1) is 0 Å². The van der Waals surface area contributed by atoms with Gasteiger partial charge in [0.25, 0.3) is 0 Å². The molecule has 0 aromatic carbocycles. The maximum atomic E-state index is 8.89. The lowest BCUT2D eigenvalue weighted by atomic mass is 10.3. The van der Waals surface area contributed by atoms with Crippen LogP contribution in [0.25, 0.3) is 0 Å². The maximum Gasteiger partial charge on any atom is 0.0658 e. The summed E-state index contributed by atoms with van der Waals surface area (Å²) in [5.74, 6) is 0. The number of rotatable bonds is 2. The largest absolute Gasteiger partial charge is 0.314 e. The molecular formula is C8H12N2O. The van der Waals surface area contributed by atoms with Crippen molar-refractivity contribution in [2.75, 3.05) is 7.05 Å². The van der Waals surface area contributed by atoms with Gasteiger partial charge >= 0.3 is 0 Å². The minimum absolute atomic E-state index is 0.474. The molecule has 0 aliphatic heterocycles. The van der Waals surface area contributed by atoms with E-state index in [2.05, 4.69) is 4.98 Å². The van der Waals surface area contributed by atoms with E-state index in [9.17, 15) is 0 Å². The Hall–Kier alpha value is -0.930. The molecule has 1 N–H and O–H groups in total. The molecule has 0 unspecified atom stereocenters. The second-order valence-electron chi connectivity index (χ2n) is 2.59. The molecule has 1 aromatic rings. The van der Waals surface area contributed by atoms with Gasteiger partial charge < -0.3 is 5.21 Å². The van der Waals surface area contributed by atoms with Gasteiger partial charge in [-0.3, -0.25) is 4.98 Å². The van der Waals surface area contributed by atoms with E-state index >= 15 is 0 Å². The third kappa shape index (κ3) is 2.65. The quantitative estimate of drug-likeness (QED) is 0.647. The summed E-state index contributed by atoms with van der Waals surface area (Å²) < 4.78 is 0. The Morgan fingerprint density at radius 1 is 1.55 bits per heavy atom. The van der Waals surface area contributed by atoms with Gasteiger partial charge in [-0.25, -0.2) is 0 Å². The Kier molecular flexibility index (Phi) is 2.57. The molecule has 0 aliphatic rings. The van der Waals surface area contributed by atoms with E-state index in [4.69, 9.17) is 5.21 Å². The van der Waals surface area contributed by atoms with Crippen LogP contribution in [0.3, 0.4) is 0 Å². The zero-order valence-corrected chi connectivity index (χ0v) is 6.78. The molecule has 0 saturated heterocycles. The Morgan fingerprint density at radius 3 is 2.82 bits per heavy atom. The molecule has 0 radical (unpaired) electrons. The summed E-state index contributed by atoms with van der Waals surface area (Å²) in [5, 5.41) is 10.0. The predicted octanol–water partition coefficient (Wildman–Crippen LogP) is 1.21. The second kappa shape index (κ2) is 3.46. The normalized spacial score (nSPS) is 10.5. The zero-order chi connectivity index (χ0) is 8.27. The van der Waals surface area contributed by atoms with E-state index in [-0.39, 0.29) is 0 Å². The molecule has 0 fully saturated rings. The van der Waals surface area contributed by atoms with Crippen molar-refractivity contribution < 1.29 is 5.21 Å². The lowest BCUT2D eigenvalue weighted by molar-refractivity contribution is -0.0740. The topological polar surface area (TPSA) is 36.4 Å². The van der Waals surface area contributed by atoms with E-state index in [1.807, 2.05) is 25.1 Å². The summed E-state index contributed by atoms with van der Waals surface area (Å²) in [6.07, 6.45) is 0. The zero-order valence-electron chi connectivity index (χ0n) is 6.78. The number of hydrogen-bond donors (Lipinski definition) is 1. The number of nitrogens with zero attached hydrogens (tertiary/aromatic N) is 2. The summed E-state index contributed by atoms with van der Waals surface area (Å²) in [7, 11) is 1.60. The van der Waals surface area contributed by atoms with Crippen molar-refractivity contribution in [2.24, 2.45) is 0 Å². The van der Waals surface area contributed by atoms with Crippen molar-refractivity contribution in [3.63, 3.8) is 0 Å². The number of hydrogen-bond acceptors (Lipinski definition) is 3. The maximum absolute atomic E-state index is 8.89. The van der Waals surface area contributed by atoms with Gasteiger partial charge in [0.15, 0.2) is 0 Å². The summed E-state index contributed by atoms with van der Waals surface area (Å²) in [6.45, 7) is 2.41. The molecule has 0 saturated carbocycles. The van der Waals surface area contributed by atoms with Gasteiger partial charge in [-0.1, -0.05) is 6.07 Å². The molecule has 0 aliphatic carbocycles. The monoisotopic (exact) mass is 152 g/mol. The van der Waals surface area contributed by atoms with Crippen LogP contribution in [0.2, 0.25) is 0 Å². The average molecular weight is 152 g/mol. The fourth-order valence-corrected chi connectivity index (χ4v) is 0.922. The Labute approximate surface area is 66.3 Å². The summed E-state index contributed by atoms with van der Waals surface area (Å²) >= 11 is 0. The standard InChI is InChI=1S/C8H12N2O/c1-7-4-3-5-8(9-7)6-10(2)11/h3-5,11H,6H2,1-2H3. The van der Waals surface area contributed by atoms with Crippen molar-refractivity contribution in [2.45, 2.75) is 13.5 Å². The Bertz CT molecular complexity index is 235. The Morgan fingerprint density at radius 2 is 2.27 bits per heavy atom. The minimum Gasteiger partial charge on any atom is -0.314 e. The number of hydroxylamine groups is 2. The second-order valence-corrected chi connectivity index (χ2v) is 2.59. The lowest BCUT2D eigenvalue weighted by Gasteiger charge is -2.06. The summed E-state index contributed by atoms with van der Waals surface area (Å²) in [5.41, 5.74) is 1.86. The highest BCUT2D eigenvalue weighted by Crippen LogP contribution is 1.99. The third-order valence-electron chi connectivity index (χ3n) is 1.34. The van der Waals surface area contributed by atoms with Gasteiger partial charge in [0.1, 0.15) is 0 Å². The third-order valence-corrected chi connectivity index (χ3v) is 1.34. The molecule has 0 amide bonds. The van der Waals surface area contributed by atoms with Crippen LogP contribution in [0.15, 0.2) is 18.2 Å². The van der Waals surface area contributed by atoms with Crippen molar-refractivity contribution in [1.82, 2.24) is 10.0 Å². The Balaban J connectivity index is 2.71. The highest BCUT2D eigenvalue weighted by molar-refractivity contribution is 5.09. The van der Waals surface area contributed by atoms with E-state index in [1.54, 1.807) is 7.05 Å². The SMILES string of the molecule is Cc1cccc(CN(C)O)n1. The molecular weight excluding hydrogens is 140 g/mol.